The summed E-state index contributed by atoms with van der Waals surface area (Å²) in [5, 5.41) is 1.45. The van der Waals surface area contributed by atoms with Gasteiger partial charge in [-0.15, -0.1) is 0 Å². The van der Waals surface area contributed by atoms with E-state index in [1.807, 2.05) is 0 Å². The molecular formula is C22H23N3O6. The van der Waals surface area contributed by atoms with Crippen LogP contribution < -0.4 is 15.2 Å². The third-order valence-corrected chi connectivity index (χ3v) is 6.44. The van der Waals surface area contributed by atoms with Crippen LogP contribution in [-0.2, 0) is 14.3 Å². The van der Waals surface area contributed by atoms with E-state index >= 15 is 0 Å². The van der Waals surface area contributed by atoms with Crippen LogP contribution in [0.15, 0.2) is 24.4 Å². The third kappa shape index (κ3) is 3.59. The Balaban J connectivity index is 1.51. The lowest BCUT2D eigenvalue weighted by molar-refractivity contribution is -0.135. The van der Waals surface area contributed by atoms with E-state index in [9.17, 15) is 14.4 Å². The fourth-order valence-electron chi connectivity index (χ4n) is 4.84. The summed E-state index contributed by atoms with van der Waals surface area (Å²) in [6.07, 6.45) is 2.05. The van der Waals surface area contributed by atoms with E-state index in [0.717, 1.165) is 5.39 Å². The fraction of sp³-hybridized carbons (Fsp3) is 0.455. The van der Waals surface area contributed by atoms with Crippen LogP contribution in [0.1, 0.15) is 16.8 Å². The molecule has 162 valence electrons. The average molecular weight is 425 g/mol. The number of Topliss-reactive ketones (excluding diaryl/α,β-unsaturated/α-hetero) is 1. The van der Waals surface area contributed by atoms with Gasteiger partial charge in [-0.2, -0.15) is 0 Å². The van der Waals surface area contributed by atoms with Crippen molar-refractivity contribution < 1.29 is 28.6 Å². The molecule has 31 heavy (non-hydrogen) atoms. The van der Waals surface area contributed by atoms with Crippen molar-refractivity contribution in [2.45, 2.75) is 6.42 Å². The van der Waals surface area contributed by atoms with Crippen molar-refractivity contribution in [3.63, 3.8) is 0 Å². The van der Waals surface area contributed by atoms with Gasteiger partial charge in [0, 0.05) is 42.9 Å². The molecule has 1 aliphatic carbocycles. The molecule has 3 atom stereocenters. The van der Waals surface area contributed by atoms with Gasteiger partial charge in [-0.25, -0.2) is 4.98 Å². The molecule has 1 unspecified atom stereocenters. The van der Waals surface area contributed by atoms with Gasteiger partial charge in [0.1, 0.15) is 24.7 Å². The number of aromatic nitrogens is 1. The normalized spacial score (nSPS) is 26.2. The van der Waals surface area contributed by atoms with Gasteiger partial charge in [-0.05, 0) is 29.5 Å². The highest BCUT2D eigenvalue weighted by Crippen LogP contribution is 2.41. The van der Waals surface area contributed by atoms with Crippen LogP contribution in [0.4, 0.5) is 0 Å². The molecule has 2 N–H and O–H groups in total. The number of carbonyl (C=O) groups is 3. The number of hydrogen-bond donors (Lipinski definition) is 1. The topological polar surface area (TPSA) is 121 Å². The van der Waals surface area contributed by atoms with Crippen molar-refractivity contribution in [1.29, 1.82) is 0 Å². The molecule has 5 rings (SSSR count). The number of nitrogens with zero attached hydrogens (tertiary/aromatic N) is 2. The predicted molar refractivity (Wildman–Crippen MR) is 109 cm³/mol. The molecule has 4 bridgehead atoms. The van der Waals surface area contributed by atoms with E-state index in [-0.39, 0.29) is 54.8 Å². The maximum Gasteiger partial charge on any atom is 0.252 e. The standard InChI is InChI=1S/C22H23N3O6/c23-21(28)15-5-12-1-2-24-22-14(12)7-19(15)30-4-3-29-11-20(27)25-8-16-13(10-31-22)6-18(26)17(16)9-25/h1-2,5,7,13,16-17H,3-4,6,8-11H2,(H2,23,28)/t13?,16-,17-/m0/s1. The largest absolute Gasteiger partial charge is 0.490 e. The lowest BCUT2D eigenvalue weighted by Gasteiger charge is -2.21. The van der Waals surface area contributed by atoms with Gasteiger partial charge in [0.2, 0.25) is 11.8 Å². The number of rotatable bonds is 1. The number of pyridine rings is 1. The summed E-state index contributed by atoms with van der Waals surface area (Å²) in [6.45, 7) is 1.54. The molecule has 2 amide bonds. The lowest BCUT2D eigenvalue weighted by Crippen LogP contribution is -2.34. The Bertz CT molecular complexity index is 1070. The zero-order valence-corrected chi connectivity index (χ0v) is 16.9. The maximum atomic E-state index is 12.5. The molecule has 3 heterocycles. The summed E-state index contributed by atoms with van der Waals surface area (Å²) >= 11 is 0. The minimum atomic E-state index is -0.610. The van der Waals surface area contributed by atoms with Crippen LogP contribution in [0.3, 0.4) is 0 Å². The monoisotopic (exact) mass is 425 g/mol. The van der Waals surface area contributed by atoms with Crippen molar-refractivity contribution >= 4 is 28.4 Å². The molecule has 9 nitrogen and oxygen atoms in total. The van der Waals surface area contributed by atoms with Gasteiger partial charge in [-0.1, -0.05) is 0 Å². The van der Waals surface area contributed by atoms with Crippen molar-refractivity contribution in [3.8, 4) is 11.6 Å². The van der Waals surface area contributed by atoms with E-state index in [0.29, 0.717) is 43.1 Å². The smallest absolute Gasteiger partial charge is 0.252 e. The highest BCUT2D eigenvalue weighted by Gasteiger charge is 2.49. The highest BCUT2D eigenvalue weighted by atomic mass is 16.5. The van der Waals surface area contributed by atoms with Gasteiger partial charge in [0.15, 0.2) is 0 Å². The first-order valence-corrected chi connectivity index (χ1v) is 10.4. The van der Waals surface area contributed by atoms with Crippen molar-refractivity contribution in [3.05, 3.63) is 30.0 Å². The van der Waals surface area contributed by atoms with E-state index in [4.69, 9.17) is 19.9 Å². The van der Waals surface area contributed by atoms with Crippen molar-refractivity contribution in [2.75, 3.05) is 39.5 Å². The molecule has 2 aliphatic heterocycles. The van der Waals surface area contributed by atoms with Crippen molar-refractivity contribution in [1.82, 2.24) is 9.88 Å². The van der Waals surface area contributed by atoms with Crippen LogP contribution in [0, 0.1) is 17.8 Å². The number of benzene rings is 1. The number of ketones is 1. The Labute approximate surface area is 178 Å². The number of carbonyl (C=O) groups excluding carboxylic acids is 3. The Morgan fingerprint density at radius 3 is 2.87 bits per heavy atom. The molecule has 1 saturated heterocycles. The Morgan fingerprint density at radius 2 is 2.03 bits per heavy atom. The molecule has 1 aromatic heterocycles. The van der Waals surface area contributed by atoms with Gasteiger partial charge in [0.25, 0.3) is 5.91 Å². The van der Waals surface area contributed by atoms with Crippen LogP contribution in [-0.4, -0.2) is 67.0 Å². The summed E-state index contributed by atoms with van der Waals surface area (Å²) in [5.41, 5.74) is 5.78. The predicted octanol–water partition coefficient (Wildman–Crippen LogP) is 0.785. The van der Waals surface area contributed by atoms with Crippen LogP contribution in [0.25, 0.3) is 10.8 Å². The van der Waals surface area contributed by atoms with Crippen molar-refractivity contribution in [2.24, 2.45) is 23.5 Å². The lowest BCUT2D eigenvalue weighted by atomic mass is 9.93. The molecule has 0 spiro atoms. The Kier molecular flexibility index (Phi) is 4.97. The van der Waals surface area contributed by atoms with Crippen LogP contribution >= 0.6 is 0 Å². The number of amides is 2. The van der Waals surface area contributed by atoms with Gasteiger partial charge < -0.3 is 24.8 Å². The number of ether oxygens (including phenoxy) is 3. The molecule has 3 aliphatic rings. The second-order valence-electron chi connectivity index (χ2n) is 8.26. The zero-order chi connectivity index (χ0) is 21.5. The first kappa shape index (κ1) is 19.7. The van der Waals surface area contributed by atoms with Gasteiger partial charge in [-0.3, -0.25) is 14.4 Å². The fourth-order valence-corrected chi connectivity index (χ4v) is 4.84. The molecule has 1 aromatic carbocycles. The third-order valence-electron chi connectivity index (χ3n) is 6.44. The maximum absolute atomic E-state index is 12.5. The van der Waals surface area contributed by atoms with E-state index in [2.05, 4.69) is 4.98 Å². The molecule has 2 fully saturated rings. The SMILES string of the molecule is NC(=O)c1cc2ccnc3c2cc1OCCOCC(=O)N1C[C@@H]2C(=O)CC(CO3)[C@@H]2C1. The highest BCUT2D eigenvalue weighted by molar-refractivity contribution is 6.01. The average Bonchev–Trinajstić information content (AvgIpc) is 3.31. The molecule has 1 saturated carbocycles. The Morgan fingerprint density at radius 1 is 1.16 bits per heavy atom. The first-order valence-electron chi connectivity index (χ1n) is 10.4. The molecule has 2 aromatic rings. The second kappa shape index (κ2) is 7.81. The van der Waals surface area contributed by atoms with Gasteiger partial charge >= 0.3 is 0 Å². The molecule has 0 radical (unpaired) electrons. The second-order valence-corrected chi connectivity index (χ2v) is 8.26. The number of nitrogens with two attached hydrogens (primary N) is 1. The van der Waals surface area contributed by atoms with Gasteiger partial charge in [0.05, 0.1) is 18.8 Å². The van der Waals surface area contributed by atoms with E-state index < -0.39 is 5.91 Å². The quantitative estimate of drug-likeness (QED) is 0.717. The summed E-state index contributed by atoms with van der Waals surface area (Å²) in [5.74, 6) is 0.108. The molecule has 9 heteroatoms. The summed E-state index contributed by atoms with van der Waals surface area (Å²) in [6, 6.07) is 5.11. The zero-order valence-electron chi connectivity index (χ0n) is 16.9. The minimum Gasteiger partial charge on any atom is -0.490 e. The van der Waals surface area contributed by atoms with Crippen LogP contribution in [0.5, 0.6) is 11.6 Å². The molecular weight excluding hydrogens is 402 g/mol. The number of primary amides is 1. The summed E-state index contributed by atoms with van der Waals surface area (Å²) < 4.78 is 17.3. The van der Waals surface area contributed by atoms with E-state index in [1.54, 1.807) is 29.3 Å². The Hall–Kier alpha value is -3.20. The number of hydrogen-bond acceptors (Lipinski definition) is 7. The first-order chi connectivity index (χ1) is 15.0. The van der Waals surface area contributed by atoms with E-state index in [1.165, 1.54) is 0 Å². The van der Waals surface area contributed by atoms with Crippen LogP contribution in [0.2, 0.25) is 0 Å². The number of fused-ring (bicyclic) bond motifs is 2. The summed E-state index contributed by atoms with van der Waals surface area (Å²) in [4.78, 5) is 43.0. The summed E-state index contributed by atoms with van der Waals surface area (Å²) in [7, 11) is 0. The minimum absolute atomic E-state index is 0.0155.